The van der Waals surface area contributed by atoms with Crippen LogP contribution in [0.1, 0.15) is 43.1 Å². The number of hydrogen-bond acceptors (Lipinski definition) is 6. The predicted octanol–water partition coefficient (Wildman–Crippen LogP) is 5.11. The normalized spacial score (nSPS) is 11.1. The molecule has 6 nitrogen and oxygen atoms in total. The highest BCUT2D eigenvalue weighted by Crippen LogP contribution is 2.24. The average molecular weight is 469 g/mol. The number of fused-ring (bicyclic) bond motifs is 3. The summed E-state index contributed by atoms with van der Waals surface area (Å²) in [5.74, 6) is -0.898. The highest BCUT2D eigenvalue weighted by atomic mass is 32.1. The SMILES string of the molecule is Cc1ccc(C(=O)c2ccccc2C(=O)OCc2cc(=O)n3c(n2)sc2ccccc23)cc1C. The van der Waals surface area contributed by atoms with E-state index in [9.17, 15) is 14.4 Å². The van der Waals surface area contributed by atoms with Crippen molar-refractivity contribution in [2.24, 2.45) is 0 Å². The Morgan fingerprint density at radius 2 is 1.65 bits per heavy atom. The molecule has 0 bridgehead atoms. The molecule has 0 aliphatic rings. The van der Waals surface area contributed by atoms with Crippen LogP contribution >= 0.6 is 11.3 Å². The number of rotatable bonds is 5. The van der Waals surface area contributed by atoms with E-state index in [2.05, 4.69) is 4.98 Å². The summed E-state index contributed by atoms with van der Waals surface area (Å²) >= 11 is 1.39. The van der Waals surface area contributed by atoms with E-state index in [0.29, 0.717) is 16.2 Å². The molecule has 5 rings (SSSR count). The van der Waals surface area contributed by atoms with E-state index in [0.717, 1.165) is 21.3 Å². The second-order valence-corrected chi connectivity index (χ2v) is 9.03. The van der Waals surface area contributed by atoms with Crippen LogP contribution in [0.2, 0.25) is 0 Å². The molecule has 0 radical (unpaired) electrons. The zero-order valence-electron chi connectivity index (χ0n) is 18.6. The topological polar surface area (TPSA) is 77.7 Å². The van der Waals surface area contributed by atoms with Gasteiger partial charge in [-0.15, -0.1) is 0 Å². The molecule has 0 spiro atoms. The maximum atomic E-state index is 13.1. The first-order valence-corrected chi connectivity index (χ1v) is 11.5. The maximum absolute atomic E-state index is 13.1. The number of aryl methyl sites for hydroxylation is 2. The number of ketones is 1. The van der Waals surface area contributed by atoms with Crippen molar-refractivity contribution in [3.8, 4) is 0 Å². The van der Waals surface area contributed by atoms with Crippen molar-refractivity contribution in [2.45, 2.75) is 20.5 Å². The fourth-order valence-corrected chi connectivity index (χ4v) is 4.86. The number of thiazole rings is 1. The number of nitrogens with zero attached hydrogens (tertiary/aromatic N) is 2. The Balaban J connectivity index is 1.41. The largest absolute Gasteiger partial charge is 0.456 e. The minimum Gasteiger partial charge on any atom is -0.456 e. The molecule has 2 aromatic heterocycles. The van der Waals surface area contributed by atoms with E-state index in [1.54, 1.807) is 34.7 Å². The third-order valence-corrected chi connectivity index (χ3v) is 6.78. The monoisotopic (exact) mass is 468 g/mol. The van der Waals surface area contributed by atoms with Gasteiger partial charge in [0, 0.05) is 17.2 Å². The minimum absolute atomic E-state index is 0.172. The molecule has 0 unspecified atom stereocenters. The van der Waals surface area contributed by atoms with Gasteiger partial charge in [-0.25, -0.2) is 9.78 Å². The number of esters is 1. The first-order valence-electron chi connectivity index (χ1n) is 10.7. The van der Waals surface area contributed by atoms with Crippen LogP contribution in [0.5, 0.6) is 0 Å². The molecular formula is C27H20N2O4S. The Hall–Kier alpha value is -4.10. The maximum Gasteiger partial charge on any atom is 0.339 e. The molecule has 0 saturated heterocycles. The van der Waals surface area contributed by atoms with Gasteiger partial charge >= 0.3 is 5.97 Å². The fraction of sp³-hybridized carbons (Fsp3) is 0.111. The molecule has 0 aliphatic carbocycles. The lowest BCUT2D eigenvalue weighted by Crippen LogP contribution is -2.16. The van der Waals surface area contributed by atoms with E-state index in [4.69, 9.17) is 4.74 Å². The molecule has 0 amide bonds. The Morgan fingerprint density at radius 3 is 2.44 bits per heavy atom. The lowest BCUT2D eigenvalue weighted by Gasteiger charge is -2.10. The summed E-state index contributed by atoms with van der Waals surface area (Å²) in [6.45, 7) is 3.74. The number of ether oxygens (including phenoxy) is 1. The molecule has 0 aliphatic heterocycles. The standard InChI is InChI=1S/C27H20N2O4S/c1-16-11-12-18(13-17(16)2)25(31)20-7-3-4-8-21(20)26(32)33-15-19-14-24(30)29-22-9-5-6-10-23(22)34-27(29)28-19/h3-14H,15H2,1-2H3. The molecule has 3 aromatic carbocycles. The van der Waals surface area contributed by atoms with Gasteiger partial charge in [-0.2, -0.15) is 0 Å². The Kier molecular flexibility index (Phi) is 5.55. The van der Waals surface area contributed by atoms with Crippen LogP contribution in [0, 0.1) is 13.8 Å². The molecule has 0 N–H and O–H groups in total. The number of carbonyl (C=O) groups is 2. The van der Waals surface area contributed by atoms with Crippen LogP contribution < -0.4 is 5.56 Å². The molecular weight excluding hydrogens is 448 g/mol. The lowest BCUT2D eigenvalue weighted by atomic mass is 9.96. The molecule has 0 atom stereocenters. The molecule has 168 valence electrons. The summed E-state index contributed by atoms with van der Waals surface area (Å²) in [5.41, 5.74) is 3.94. The third-order valence-electron chi connectivity index (χ3n) is 5.76. The quantitative estimate of drug-likeness (QED) is 0.264. The summed E-state index contributed by atoms with van der Waals surface area (Å²) in [5, 5.41) is 0. The van der Waals surface area contributed by atoms with Crippen LogP contribution in [0.4, 0.5) is 0 Å². The fourth-order valence-electron chi connectivity index (χ4n) is 3.81. The summed E-state index contributed by atoms with van der Waals surface area (Å²) < 4.78 is 7.95. The Morgan fingerprint density at radius 1 is 0.912 bits per heavy atom. The number of carbonyl (C=O) groups excluding carboxylic acids is 2. The zero-order chi connectivity index (χ0) is 23.8. The molecule has 7 heteroatoms. The van der Waals surface area contributed by atoms with E-state index < -0.39 is 5.97 Å². The summed E-state index contributed by atoms with van der Waals surface area (Å²) in [4.78, 5) is 43.7. The van der Waals surface area contributed by atoms with Crippen molar-refractivity contribution in [2.75, 3.05) is 0 Å². The zero-order valence-corrected chi connectivity index (χ0v) is 19.4. The van der Waals surface area contributed by atoms with Gasteiger partial charge in [0.25, 0.3) is 5.56 Å². The second kappa shape index (κ2) is 8.68. The van der Waals surface area contributed by atoms with Gasteiger partial charge in [0.05, 0.1) is 21.5 Å². The Bertz CT molecular complexity index is 1650. The number of hydrogen-bond donors (Lipinski definition) is 0. The smallest absolute Gasteiger partial charge is 0.339 e. The van der Waals surface area contributed by atoms with E-state index >= 15 is 0 Å². The average Bonchev–Trinajstić information content (AvgIpc) is 3.22. The van der Waals surface area contributed by atoms with Crippen LogP contribution in [0.3, 0.4) is 0 Å². The second-order valence-electron chi connectivity index (χ2n) is 8.02. The van der Waals surface area contributed by atoms with Crippen LogP contribution in [0.15, 0.2) is 77.6 Å². The van der Waals surface area contributed by atoms with Crippen molar-refractivity contribution in [3.05, 3.63) is 117 Å². The van der Waals surface area contributed by atoms with Gasteiger partial charge in [0.2, 0.25) is 0 Å². The highest BCUT2D eigenvalue weighted by Gasteiger charge is 2.20. The minimum atomic E-state index is -0.647. The highest BCUT2D eigenvalue weighted by molar-refractivity contribution is 7.23. The third kappa shape index (κ3) is 3.91. The van der Waals surface area contributed by atoms with Crippen molar-refractivity contribution >= 4 is 38.3 Å². The summed E-state index contributed by atoms with van der Waals surface area (Å²) in [7, 11) is 0. The van der Waals surface area contributed by atoms with Gasteiger partial charge in [-0.3, -0.25) is 14.0 Å². The Labute approximate surface area is 199 Å². The molecule has 0 fully saturated rings. The van der Waals surface area contributed by atoms with E-state index in [-0.39, 0.29) is 29.1 Å². The molecule has 34 heavy (non-hydrogen) atoms. The molecule has 2 heterocycles. The van der Waals surface area contributed by atoms with Crippen molar-refractivity contribution < 1.29 is 14.3 Å². The van der Waals surface area contributed by atoms with Crippen molar-refractivity contribution in [1.29, 1.82) is 0 Å². The van der Waals surface area contributed by atoms with E-state index in [1.807, 2.05) is 50.2 Å². The van der Waals surface area contributed by atoms with Crippen molar-refractivity contribution in [3.63, 3.8) is 0 Å². The molecule has 5 aromatic rings. The summed E-state index contributed by atoms with van der Waals surface area (Å²) in [6, 6.07) is 21.0. The molecule has 0 saturated carbocycles. The van der Waals surface area contributed by atoms with Gasteiger partial charge in [0.15, 0.2) is 10.7 Å². The predicted molar refractivity (Wildman–Crippen MR) is 132 cm³/mol. The summed E-state index contributed by atoms with van der Waals surface area (Å²) in [6.07, 6.45) is 0. The van der Waals surface area contributed by atoms with Crippen LogP contribution in [-0.4, -0.2) is 21.1 Å². The number of aromatic nitrogens is 2. The van der Waals surface area contributed by atoms with Gasteiger partial charge in [-0.1, -0.05) is 53.8 Å². The lowest BCUT2D eigenvalue weighted by molar-refractivity contribution is 0.0465. The van der Waals surface area contributed by atoms with Crippen LogP contribution in [0.25, 0.3) is 15.2 Å². The number of para-hydroxylation sites is 1. The van der Waals surface area contributed by atoms with Gasteiger partial charge < -0.3 is 4.74 Å². The van der Waals surface area contributed by atoms with Crippen LogP contribution in [-0.2, 0) is 11.3 Å². The number of benzene rings is 3. The van der Waals surface area contributed by atoms with E-state index in [1.165, 1.54) is 17.4 Å². The first kappa shape index (κ1) is 21.7. The van der Waals surface area contributed by atoms with Gasteiger partial charge in [0.1, 0.15) is 6.61 Å². The first-order chi connectivity index (χ1) is 16.4. The van der Waals surface area contributed by atoms with Crippen molar-refractivity contribution in [1.82, 2.24) is 9.38 Å². The van der Waals surface area contributed by atoms with Gasteiger partial charge in [-0.05, 0) is 49.2 Å².